The van der Waals surface area contributed by atoms with E-state index in [9.17, 15) is 9.90 Å². The molecule has 1 aromatic rings. The number of anilines is 1. The van der Waals surface area contributed by atoms with E-state index in [0.717, 1.165) is 0 Å². The highest BCUT2D eigenvalue weighted by molar-refractivity contribution is 5.85. The minimum absolute atomic E-state index is 0.00198. The van der Waals surface area contributed by atoms with Gasteiger partial charge in [0.2, 0.25) is 0 Å². The van der Waals surface area contributed by atoms with Gasteiger partial charge in [-0.15, -0.1) is 0 Å². The first-order valence-electron chi connectivity index (χ1n) is 5.64. The Bertz CT molecular complexity index is 516. The Morgan fingerprint density at radius 1 is 1.53 bits per heavy atom. The fourth-order valence-corrected chi connectivity index (χ4v) is 1.32. The first-order chi connectivity index (χ1) is 8.81. The molecule has 0 bridgehead atoms. The zero-order valence-electron chi connectivity index (χ0n) is 11.0. The molecule has 0 spiro atoms. The maximum Gasteiger partial charge on any atom is 0.412 e. The number of hydrogen-bond acceptors (Lipinski definition) is 4. The lowest BCUT2D eigenvalue weighted by Crippen LogP contribution is -2.27. The summed E-state index contributed by atoms with van der Waals surface area (Å²) < 4.78 is 5.10. The standard InChI is InChI=1S/C12H16N4O3/c1-12(2,3)19-11(18)15-9-4-5-10(17)8(6-9)7-14-16-13/h4-6,17H,7H2,1-3H3,(H,15,18). The third kappa shape index (κ3) is 5.18. The van der Waals surface area contributed by atoms with E-state index in [-0.39, 0.29) is 12.3 Å². The van der Waals surface area contributed by atoms with Crippen molar-refractivity contribution in [2.24, 2.45) is 5.11 Å². The number of carbonyl (C=O) groups excluding carboxylic acids is 1. The molecule has 0 aliphatic heterocycles. The molecule has 0 unspecified atom stereocenters. The topological polar surface area (TPSA) is 107 Å². The second-order valence-electron chi connectivity index (χ2n) is 4.86. The molecule has 0 atom stereocenters. The lowest BCUT2D eigenvalue weighted by atomic mass is 10.2. The first-order valence-corrected chi connectivity index (χ1v) is 5.64. The second kappa shape index (κ2) is 5.97. The van der Waals surface area contributed by atoms with Crippen molar-refractivity contribution in [2.75, 3.05) is 5.32 Å². The SMILES string of the molecule is CC(C)(C)OC(=O)Nc1ccc(O)c(CN=[N+]=[N-])c1. The van der Waals surface area contributed by atoms with Gasteiger partial charge in [0, 0.05) is 16.2 Å². The molecule has 0 aliphatic rings. The zero-order valence-corrected chi connectivity index (χ0v) is 11.0. The molecule has 7 nitrogen and oxygen atoms in total. The molecule has 0 radical (unpaired) electrons. The number of amides is 1. The van der Waals surface area contributed by atoms with Gasteiger partial charge in [0.15, 0.2) is 0 Å². The fourth-order valence-electron chi connectivity index (χ4n) is 1.32. The molecule has 19 heavy (non-hydrogen) atoms. The van der Waals surface area contributed by atoms with Gasteiger partial charge in [0.25, 0.3) is 0 Å². The quantitative estimate of drug-likeness (QED) is 0.377. The van der Waals surface area contributed by atoms with Crippen molar-refractivity contribution in [3.05, 3.63) is 34.2 Å². The minimum atomic E-state index is -0.590. The molecule has 1 rings (SSSR count). The average Bonchev–Trinajstić information content (AvgIpc) is 2.27. The molecule has 0 saturated carbocycles. The van der Waals surface area contributed by atoms with E-state index in [1.54, 1.807) is 20.8 Å². The highest BCUT2D eigenvalue weighted by Gasteiger charge is 2.16. The molecule has 0 fully saturated rings. The first kappa shape index (κ1) is 14.7. The molecule has 1 aromatic carbocycles. The van der Waals surface area contributed by atoms with Gasteiger partial charge in [-0.2, -0.15) is 0 Å². The van der Waals surface area contributed by atoms with E-state index in [4.69, 9.17) is 10.3 Å². The van der Waals surface area contributed by atoms with Crippen molar-refractivity contribution < 1.29 is 14.6 Å². The monoisotopic (exact) mass is 264 g/mol. The molecule has 7 heteroatoms. The van der Waals surface area contributed by atoms with Crippen LogP contribution in [0.3, 0.4) is 0 Å². The molecule has 0 saturated heterocycles. The molecule has 102 valence electrons. The summed E-state index contributed by atoms with van der Waals surface area (Å²) >= 11 is 0. The number of azide groups is 1. The lowest BCUT2D eigenvalue weighted by molar-refractivity contribution is 0.0636. The molecular weight excluding hydrogens is 248 g/mol. The van der Waals surface area contributed by atoms with Crippen LogP contribution in [0.4, 0.5) is 10.5 Å². The van der Waals surface area contributed by atoms with Crippen LogP contribution in [0.1, 0.15) is 26.3 Å². The number of hydrogen-bond donors (Lipinski definition) is 2. The number of nitrogens with zero attached hydrogens (tertiary/aromatic N) is 3. The molecule has 2 N–H and O–H groups in total. The fraction of sp³-hybridized carbons (Fsp3) is 0.417. The second-order valence-corrected chi connectivity index (χ2v) is 4.86. The Hall–Kier alpha value is -2.40. The van der Waals surface area contributed by atoms with E-state index < -0.39 is 11.7 Å². The third-order valence-corrected chi connectivity index (χ3v) is 2.03. The van der Waals surface area contributed by atoms with Crippen molar-refractivity contribution in [3.63, 3.8) is 0 Å². The van der Waals surface area contributed by atoms with Crippen LogP contribution in [0.25, 0.3) is 10.4 Å². The van der Waals surface area contributed by atoms with Crippen molar-refractivity contribution in [3.8, 4) is 5.75 Å². The van der Waals surface area contributed by atoms with Crippen LogP contribution >= 0.6 is 0 Å². The Kier molecular flexibility index (Phi) is 4.61. The smallest absolute Gasteiger partial charge is 0.412 e. The molecule has 0 aliphatic carbocycles. The van der Waals surface area contributed by atoms with E-state index >= 15 is 0 Å². The van der Waals surface area contributed by atoms with Gasteiger partial charge in [0.05, 0.1) is 6.54 Å². The van der Waals surface area contributed by atoms with Crippen LogP contribution in [0, 0.1) is 0 Å². The predicted molar refractivity (Wildman–Crippen MR) is 70.8 cm³/mol. The summed E-state index contributed by atoms with van der Waals surface area (Å²) in [5.41, 5.74) is 8.54. The molecular formula is C12H16N4O3. The number of phenolic OH excluding ortho intramolecular Hbond substituents is 1. The number of phenols is 1. The van der Waals surface area contributed by atoms with Crippen LogP contribution in [-0.4, -0.2) is 16.8 Å². The van der Waals surface area contributed by atoms with Crippen LogP contribution < -0.4 is 5.32 Å². The van der Waals surface area contributed by atoms with Crippen molar-refractivity contribution >= 4 is 11.8 Å². The number of ether oxygens (including phenoxy) is 1. The molecule has 0 heterocycles. The van der Waals surface area contributed by atoms with Crippen molar-refractivity contribution in [1.82, 2.24) is 0 Å². The van der Waals surface area contributed by atoms with Crippen molar-refractivity contribution in [2.45, 2.75) is 32.9 Å². The van der Waals surface area contributed by atoms with E-state index in [0.29, 0.717) is 11.3 Å². The Balaban J connectivity index is 2.79. The summed E-state index contributed by atoms with van der Waals surface area (Å²) in [6, 6.07) is 4.46. The zero-order chi connectivity index (χ0) is 14.5. The van der Waals surface area contributed by atoms with Crippen LogP contribution in [0.15, 0.2) is 23.3 Å². The van der Waals surface area contributed by atoms with Gasteiger partial charge in [-0.05, 0) is 44.5 Å². The summed E-state index contributed by atoms with van der Waals surface area (Å²) in [6.45, 7) is 5.29. The van der Waals surface area contributed by atoms with Crippen LogP contribution in [0.2, 0.25) is 0 Å². The number of benzene rings is 1. The number of carbonyl (C=O) groups is 1. The minimum Gasteiger partial charge on any atom is -0.508 e. The summed E-state index contributed by atoms with van der Waals surface area (Å²) in [7, 11) is 0. The van der Waals surface area contributed by atoms with Gasteiger partial charge >= 0.3 is 6.09 Å². The summed E-state index contributed by atoms with van der Waals surface area (Å²) in [5.74, 6) is 0.00198. The summed E-state index contributed by atoms with van der Waals surface area (Å²) in [4.78, 5) is 14.2. The van der Waals surface area contributed by atoms with Crippen LogP contribution in [-0.2, 0) is 11.3 Å². The van der Waals surface area contributed by atoms with Gasteiger partial charge in [-0.25, -0.2) is 4.79 Å². The maximum atomic E-state index is 11.6. The van der Waals surface area contributed by atoms with E-state index in [1.807, 2.05) is 0 Å². The van der Waals surface area contributed by atoms with E-state index in [1.165, 1.54) is 18.2 Å². The largest absolute Gasteiger partial charge is 0.508 e. The number of nitrogens with one attached hydrogen (secondary N) is 1. The molecule has 1 amide bonds. The summed E-state index contributed by atoms with van der Waals surface area (Å²) in [6.07, 6.45) is -0.590. The van der Waals surface area contributed by atoms with Gasteiger partial charge < -0.3 is 9.84 Å². The van der Waals surface area contributed by atoms with Crippen LogP contribution in [0.5, 0.6) is 5.75 Å². The highest BCUT2D eigenvalue weighted by atomic mass is 16.6. The average molecular weight is 264 g/mol. The normalized spacial score (nSPS) is 10.5. The maximum absolute atomic E-state index is 11.6. The predicted octanol–water partition coefficient (Wildman–Crippen LogP) is 3.55. The van der Waals surface area contributed by atoms with Crippen molar-refractivity contribution in [1.29, 1.82) is 0 Å². The number of aromatic hydroxyl groups is 1. The Morgan fingerprint density at radius 3 is 2.79 bits per heavy atom. The van der Waals surface area contributed by atoms with Gasteiger partial charge in [-0.3, -0.25) is 5.32 Å². The van der Waals surface area contributed by atoms with Gasteiger partial charge in [-0.1, -0.05) is 5.11 Å². The Morgan fingerprint density at radius 2 is 2.21 bits per heavy atom. The summed E-state index contributed by atoms with van der Waals surface area (Å²) in [5, 5.41) is 15.4. The van der Waals surface area contributed by atoms with Gasteiger partial charge in [0.1, 0.15) is 11.4 Å². The third-order valence-electron chi connectivity index (χ3n) is 2.03. The molecule has 0 aromatic heterocycles. The van der Waals surface area contributed by atoms with E-state index in [2.05, 4.69) is 15.3 Å². The Labute approximate surface area is 110 Å². The number of rotatable bonds is 3. The lowest BCUT2D eigenvalue weighted by Gasteiger charge is -2.19. The highest BCUT2D eigenvalue weighted by Crippen LogP contribution is 2.22.